The van der Waals surface area contributed by atoms with Crippen LogP contribution in [0.3, 0.4) is 0 Å². The number of carboxylic acids is 1. The molecule has 142 valence electrons. The second-order valence-corrected chi connectivity index (χ2v) is 6.32. The van der Waals surface area contributed by atoms with Crippen molar-refractivity contribution in [2.75, 3.05) is 0 Å². The predicted octanol–water partition coefficient (Wildman–Crippen LogP) is 4.95. The molecule has 1 heterocycles. The van der Waals surface area contributed by atoms with Crippen molar-refractivity contribution in [3.05, 3.63) is 60.0 Å². The van der Waals surface area contributed by atoms with E-state index in [1.54, 1.807) is 12.2 Å². The molecule has 1 aromatic heterocycles. The number of hydrogen-bond acceptors (Lipinski definition) is 3. The molecule has 1 atom stereocenters. The van der Waals surface area contributed by atoms with Crippen LogP contribution in [0.15, 0.2) is 48.6 Å². The smallest absolute Gasteiger partial charge is 0.327 e. The lowest BCUT2D eigenvalue weighted by molar-refractivity contribution is -0.131. The molecule has 1 unspecified atom stereocenters. The summed E-state index contributed by atoms with van der Waals surface area (Å²) in [6.07, 6.45) is 17.9. The molecule has 0 aliphatic rings. The SMILES string of the molecule is CCCCCC=CCC(O)C=Cc1cccc(CCCC=CC(=O)O)n1. The van der Waals surface area contributed by atoms with Crippen LogP contribution < -0.4 is 0 Å². The van der Waals surface area contributed by atoms with Crippen molar-refractivity contribution in [1.82, 2.24) is 4.98 Å². The van der Waals surface area contributed by atoms with Crippen LogP contribution in [0.2, 0.25) is 0 Å². The van der Waals surface area contributed by atoms with Gasteiger partial charge >= 0.3 is 5.97 Å². The largest absolute Gasteiger partial charge is 0.478 e. The van der Waals surface area contributed by atoms with E-state index in [1.807, 2.05) is 30.4 Å². The van der Waals surface area contributed by atoms with Gasteiger partial charge in [-0.25, -0.2) is 4.79 Å². The molecule has 0 aliphatic heterocycles. The molecule has 0 aromatic carbocycles. The fourth-order valence-electron chi connectivity index (χ4n) is 2.47. The Morgan fingerprint density at radius 3 is 2.73 bits per heavy atom. The number of nitrogens with zero attached hydrogens (tertiary/aromatic N) is 1. The molecule has 0 saturated carbocycles. The van der Waals surface area contributed by atoms with Crippen LogP contribution in [-0.4, -0.2) is 27.3 Å². The van der Waals surface area contributed by atoms with Gasteiger partial charge in [-0.15, -0.1) is 0 Å². The van der Waals surface area contributed by atoms with Crippen LogP contribution in [0.5, 0.6) is 0 Å². The Bertz CT molecular complexity index is 605. The van der Waals surface area contributed by atoms with E-state index in [9.17, 15) is 9.90 Å². The Labute approximate surface area is 157 Å². The molecule has 0 bridgehead atoms. The highest BCUT2D eigenvalue weighted by Crippen LogP contribution is 2.08. The van der Waals surface area contributed by atoms with Crippen molar-refractivity contribution in [2.45, 2.75) is 64.4 Å². The van der Waals surface area contributed by atoms with Gasteiger partial charge in [0.25, 0.3) is 0 Å². The van der Waals surface area contributed by atoms with Gasteiger partial charge in [0.1, 0.15) is 0 Å². The molecule has 0 amide bonds. The summed E-state index contributed by atoms with van der Waals surface area (Å²) in [4.78, 5) is 14.9. The van der Waals surface area contributed by atoms with Gasteiger partial charge in [-0.1, -0.05) is 50.1 Å². The highest BCUT2D eigenvalue weighted by atomic mass is 16.4. The van der Waals surface area contributed by atoms with Gasteiger partial charge in [0.15, 0.2) is 0 Å². The molecule has 2 N–H and O–H groups in total. The number of aliphatic hydroxyl groups excluding tert-OH is 1. The fraction of sp³-hybridized carbons (Fsp3) is 0.455. The van der Waals surface area contributed by atoms with Gasteiger partial charge in [-0.3, -0.25) is 4.98 Å². The lowest BCUT2D eigenvalue weighted by Gasteiger charge is -2.03. The van der Waals surface area contributed by atoms with Crippen LogP contribution in [0.1, 0.15) is 63.3 Å². The second kappa shape index (κ2) is 14.0. The zero-order valence-electron chi connectivity index (χ0n) is 15.7. The van der Waals surface area contributed by atoms with E-state index in [2.05, 4.69) is 18.0 Å². The van der Waals surface area contributed by atoms with Crippen LogP contribution in [-0.2, 0) is 11.2 Å². The van der Waals surface area contributed by atoms with Crippen molar-refractivity contribution in [3.8, 4) is 0 Å². The zero-order chi connectivity index (χ0) is 19.0. The molecule has 1 rings (SSSR count). The number of aliphatic hydroxyl groups is 1. The molecule has 0 fully saturated rings. The van der Waals surface area contributed by atoms with Crippen molar-refractivity contribution >= 4 is 12.0 Å². The first-order chi connectivity index (χ1) is 12.6. The van der Waals surface area contributed by atoms with Gasteiger partial charge in [0, 0.05) is 11.8 Å². The number of carboxylic acid groups (broad SMARTS) is 1. The van der Waals surface area contributed by atoms with Crippen molar-refractivity contribution in [3.63, 3.8) is 0 Å². The molecule has 0 spiro atoms. The number of hydrogen-bond donors (Lipinski definition) is 2. The number of aromatic nitrogens is 1. The topological polar surface area (TPSA) is 70.4 Å². The first-order valence-corrected chi connectivity index (χ1v) is 9.48. The van der Waals surface area contributed by atoms with E-state index in [0.29, 0.717) is 6.42 Å². The minimum absolute atomic E-state index is 0.496. The van der Waals surface area contributed by atoms with Crippen LogP contribution in [0, 0.1) is 0 Å². The Kier molecular flexibility index (Phi) is 11.8. The number of unbranched alkanes of at least 4 members (excludes halogenated alkanes) is 4. The molecular weight excluding hydrogens is 326 g/mol. The highest BCUT2D eigenvalue weighted by Gasteiger charge is 1.98. The van der Waals surface area contributed by atoms with Gasteiger partial charge in [0.2, 0.25) is 0 Å². The van der Waals surface area contributed by atoms with Crippen molar-refractivity contribution in [1.29, 1.82) is 0 Å². The monoisotopic (exact) mass is 357 g/mol. The fourth-order valence-corrected chi connectivity index (χ4v) is 2.47. The number of pyridine rings is 1. The average molecular weight is 357 g/mol. The summed E-state index contributed by atoms with van der Waals surface area (Å²) in [7, 11) is 0. The standard InChI is InChI=1S/C22H31NO3/c1-2-3-4-5-6-9-15-21(24)18-17-20-14-11-13-19(23-20)12-8-7-10-16-22(25)26/h6,9-11,13-14,16-18,21,24H,2-5,7-8,12,15H2,1H3,(H,25,26). The first-order valence-electron chi connectivity index (χ1n) is 9.48. The number of rotatable bonds is 13. The Morgan fingerprint density at radius 2 is 1.96 bits per heavy atom. The summed E-state index contributed by atoms with van der Waals surface area (Å²) in [5.41, 5.74) is 1.80. The molecule has 1 aromatic rings. The average Bonchev–Trinajstić information content (AvgIpc) is 2.63. The third-order valence-electron chi connectivity index (χ3n) is 3.90. The lowest BCUT2D eigenvalue weighted by Crippen LogP contribution is -1.99. The van der Waals surface area contributed by atoms with Gasteiger partial charge < -0.3 is 10.2 Å². The third kappa shape index (κ3) is 11.4. The Hall–Kier alpha value is -2.20. The predicted molar refractivity (Wildman–Crippen MR) is 107 cm³/mol. The number of aliphatic carboxylic acids is 1. The molecule has 0 saturated heterocycles. The first kappa shape index (κ1) is 21.8. The van der Waals surface area contributed by atoms with Crippen LogP contribution in [0.4, 0.5) is 0 Å². The zero-order valence-corrected chi connectivity index (χ0v) is 15.7. The Morgan fingerprint density at radius 1 is 1.15 bits per heavy atom. The quantitative estimate of drug-likeness (QED) is 0.298. The summed E-state index contributed by atoms with van der Waals surface area (Å²) in [6.45, 7) is 2.19. The van der Waals surface area contributed by atoms with E-state index < -0.39 is 12.1 Å². The summed E-state index contributed by atoms with van der Waals surface area (Å²) in [5.74, 6) is -0.912. The molecular formula is C22H31NO3. The number of carbonyl (C=O) groups is 1. The lowest BCUT2D eigenvalue weighted by atomic mass is 10.1. The molecule has 26 heavy (non-hydrogen) atoms. The maximum atomic E-state index is 10.4. The highest BCUT2D eigenvalue weighted by molar-refractivity contribution is 5.79. The van der Waals surface area contributed by atoms with Gasteiger partial charge in [-0.2, -0.15) is 0 Å². The van der Waals surface area contributed by atoms with Gasteiger partial charge in [-0.05, 0) is 56.7 Å². The molecule has 0 aliphatic carbocycles. The number of aryl methyl sites for hydroxylation is 1. The summed E-state index contributed by atoms with van der Waals surface area (Å²) in [5, 5.41) is 18.5. The van der Waals surface area contributed by atoms with E-state index >= 15 is 0 Å². The normalized spacial score (nSPS) is 13.2. The van der Waals surface area contributed by atoms with E-state index in [1.165, 1.54) is 25.3 Å². The molecule has 0 radical (unpaired) electrons. The minimum Gasteiger partial charge on any atom is -0.478 e. The van der Waals surface area contributed by atoms with E-state index in [4.69, 9.17) is 5.11 Å². The summed E-state index contributed by atoms with van der Waals surface area (Å²) >= 11 is 0. The van der Waals surface area contributed by atoms with E-state index in [-0.39, 0.29) is 0 Å². The molecule has 4 heteroatoms. The van der Waals surface area contributed by atoms with Gasteiger partial charge in [0.05, 0.1) is 11.8 Å². The minimum atomic E-state index is -0.912. The summed E-state index contributed by atoms with van der Waals surface area (Å²) < 4.78 is 0. The third-order valence-corrected chi connectivity index (χ3v) is 3.90. The van der Waals surface area contributed by atoms with Crippen LogP contribution in [0.25, 0.3) is 6.08 Å². The van der Waals surface area contributed by atoms with Crippen molar-refractivity contribution < 1.29 is 15.0 Å². The second-order valence-electron chi connectivity index (χ2n) is 6.32. The van der Waals surface area contributed by atoms with Crippen molar-refractivity contribution in [2.24, 2.45) is 0 Å². The number of allylic oxidation sites excluding steroid dienone is 2. The maximum Gasteiger partial charge on any atom is 0.327 e. The molecule has 4 nitrogen and oxygen atoms in total. The van der Waals surface area contributed by atoms with E-state index in [0.717, 1.165) is 37.1 Å². The maximum absolute atomic E-state index is 10.4. The summed E-state index contributed by atoms with van der Waals surface area (Å²) in [6, 6.07) is 5.83. The Balaban J connectivity index is 2.37. The van der Waals surface area contributed by atoms with Crippen LogP contribution >= 0.6 is 0 Å².